The topological polar surface area (TPSA) is 40.1 Å². The average Bonchev–Trinajstić information content (AvgIpc) is 3.30. The summed E-state index contributed by atoms with van der Waals surface area (Å²) in [5, 5.41) is 5.55. The molecule has 1 saturated carbocycles. The van der Waals surface area contributed by atoms with Crippen molar-refractivity contribution < 1.29 is 4.74 Å². The van der Waals surface area contributed by atoms with E-state index in [1.807, 2.05) is 11.3 Å². The summed E-state index contributed by atoms with van der Waals surface area (Å²) in [4.78, 5) is 11.0. The predicted octanol–water partition coefficient (Wildman–Crippen LogP) is 2.92. The van der Waals surface area contributed by atoms with Gasteiger partial charge in [0.25, 0.3) is 0 Å². The molecule has 0 unspecified atom stereocenters. The number of aliphatic imine (C=N–C) groups is 1. The Hall–Kier alpha value is -0.380. The summed E-state index contributed by atoms with van der Waals surface area (Å²) < 4.78 is 5.22. The average molecular weight is 480 g/mol. The first-order valence-corrected chi connectivity index (χ1v) is 9.87. The van der Waals surface area contributed by atoms with Gasteiger partial charge in [-0.1, -0.05) is 6.07 Å². The Kier molecular flexibility index (Phi) is 11.7. The lowest BCUT2D eigenvalue weighted by atomic mass is 10.3. The van der Waals surface area contributed by atoms with Crippen LogP contribution in [-0.2, 0) is 11.2 Å². The van der Waals surface area contributed by atoms with E-state index in [0.29, 0.717) is 0 Å². The normalized spacial score (nSPS) is 14.5. The van der Waals surface area contributed by atoms with Crippen LogP contribution in [0.15, 0.2) is 22.5 Å². The van der Waals surface area contributed by atoms with Gasteiger partial charge in [0, 0.05) is 51.3 Å². The lowest BCUT2D eigenvalue weighted by Gasteiger charge is -2.23. The molecule has 1 aliphatic carbocycles. The molecule has 0 spiro atoms. The molecule has 0 aromatic carbocycles. The van der Waals surface area contributed by atoms with Crippen LogP contribution < -0.4 is 5.32 Å². The number of hydrogen-bond acceptors (Lipinski definition) is 4. The van der Waals surface area contributed by atoms with Crippen LogP contribution in [0.1, 0.15) is 24.6 Å². The molecule has 0 radical (unpaired) electrons. The molecule has 0 atom stereocenters. The first-order chi connectivity index (χ1) is 11.7. The van der Waals surface area contributed by atoms with Crippen molar-refractivity contribution in [3.8, 4) is 0 Å². The van der Waals surface area contributed by atoms with Crippen molar-refractivity contribution in [1.29, 1.82) is 0 Å². The number of ether oxygens (including phenoxy) is 1. The number of likely N-dealkylation sites (N-methyl/N-ethyl adjacent to an activating group) is 1. The molecule has 7 heteroatoms. The second-order valence-electron chi connectivity index (χ2n) is 6.25. The number of rotatable bonds is 11. The SMILES string of the molecule is CCNC(=NCCN(CCOC)C1CC1)N(C)CCc1cccs1.I. The summed E-state index contributed by atoms with van der Waals surface area (Å²) >= 11 is 1.82. The third-order valence-corrected chi connectivity index (χ3v) is 5.20. The molecule has 1 aromatic heterocycles. The maximum atomic E-state index is 5.22. The molecule has 0 aliphatic heterocycles. The summed E-state index contributed by atoms with van der Waals surface area (Å²) in [6.07, 6.45) is 3.73. The molecule has 1 aromatic rings. The van der Waals surface area contributed by atoms with E-state index in [2.05, 4.69) is 46.6 Å². The third kappa shape index (κ3) is 8.70. The van der Waals surface area contributed by atoms with Crippen molar-refractivity contribution >= 4 is 41.3 Å². The molecule has 2 rings (SSSR count). The molecular formula is C18H33IN4OS. The first-order valence-electron chi connectivity index (χ1n) is 8.99. The summed E-state index contributed by atoms with van der Waals surface area (Å²) in [6.45, 7) is 7.69. The van der Waals surface area contributed by atoms with E-state index in [1.54, 1.807) is 7.11 Å². The van der Waals surface area contributed by atoms with Crippen molar-refractivity contribution in [2.45, 2.75) is 32.2 Å². The quantitative estimate of drug-likeness (QED) is 0.301. The van der Waals surface area contributed by atoms with Crippen LogP contribution >= 0.6 is 35.3 Å². The van der Waals surface area contributed by atoms with Gasteiger partial charge in [-0.25, -0.2) is 0 Å². The molecular weight excluding hydrogens is 447 g/mol. The monoisotopic (exact) mass is 480 g/mol. The fraction of sp³-hybridized carbons (Fsp3) is 0.722. The maximum absolute atomic E-state index is 5.22. The Morgan fingerprint density at radius 2 is 2.16 bits per heavy atom. The van der Waals surface area contributed by atoms with Gasteiger partial charge < -0.3 is 15.0 Å². The van der Waals surface area contributed by atoms with Gasteiger partial charge in [-0.05, 0) is 37.6 Å². The zero-order valence-corrected chi connectivity index (χ0v) is 18.9. The largest absolute Gasteiger partial charge is 0.383 e. The van der Waals surface area contributed by atoms with Gasteiger partial charge in [-0.2, -0.15) is 0 Å². The molecule has 1 fully saturated rings. The predicted molar refractivity (Wildman–Crippen MR) is 119 cm³/mol. The highest BCUT2D eigenvalue weighted by Gasteiger charge is 2.28. The number of guanidine groups is 1. The van der Waals surface area contributed by atoms with E-state index in [4.69, 9.17) is 9.73 Å². The van der Waals surface area contributed by atoms with E-state index >= 15 is 0 Å². The minimum absolute atomic E-state index is 0. The van der Waals surface area contributed by atoms with Gasteiger partial charge in [-0.3, -0.25) is 9.89 Å². The van der Waals surface area contributed by atoms with E-state index in [0.717, 1.165) is 57.8 Å². The van der Waals surface area contributed by atoms with E-state index in [-0.39, 0.29) is 24.0 Å². The molecule has 1 N–H and O–H groups in total. The van der Waals surface area contributed by atoms with Crippen LogP contribution in [0.3, 0.4) is 0 Å². The maximum Gasteiger partial charge on any atom is 0.193 e. The fourth-order valence-corrected chi connectivity index (χ4v) is 3.42. The number of nitrogens with zero attached hydrogens (tertiary/aromatic N) is 3. The van der Waals surface area contributed by atoms with Crippen LogP contribution in [0, 0.1) is 0 Å². The number of nitrogens with one attached hydrogen (secondary N) is 1. The highest BCUT2D eigenvalue weighted by molar-refractivity contribution is 14.0. The highest BCUT2D eigenvalue weighted by atomic mass is 127. The van der Waals surface area contributed by atoms with Gasteiger partial charge in [0.1, 0.15) is 0 Å². The van der Waals surface area contributed by atoms with Gasteiger partial charge in [0.15, 0.2) is 5.96 Å². The molecule has 25 heavy (non-hydrogen) atoms. The van der Waals surface area contributed by atoms with Crippen molar-refractivity contribution in [1.82, 2.24) is 15.1 Å². The molecule has 144 valence electrons. The van der Waals surface area contributed by atoms with Crippen LogP contribution in [0.5, 0.6) is 0 Å². The lowest BCUT2D eigenvalue weighted by Crippen LogP contribution is -2.40. The summed E-state index contributed by atoms with van der Waals surface area (Å²) in [5.74, 6) is 1.01. The fourth-order valence-electron chi connectivity index (χ4n) is 2.72. The summed E-state index contributed by atoms with van der Waals surface area (Å²) in [5.41, 5.74) is 0. The van der Waals surface area contributed by atoms with Crippen LogP contribution in [0.2, 0.25) is 0 Å². The lowest BCUT2D eigenvalue weighted by molar-refractivity contribution is 0.145. The highest BCUT2D eigenvalue weighted by Crippen LogP contribution is 2.26. The second-order valence-corrected chi connectivity index (χ2v) is 7.28. The van der Waals surface area contributed by atoms with Crippen LogP contribution in [0.4, 0.5) is 0 Å². The first kappa shape index (κ1) is 22.7. The summed E-state index contributed by atoms with van der Waals surface area (Å²) in [6, 6.07) is 5.08. The Morgan fingerprint density at radius 1 is 1.36 bits per heavy atom. The zero-order valence-electron chi connectivity index (χ0n) is 15.7. The molecule has 1 heterocycles. The Balaban J connectivity index is 0.00000312. The van der Waals surface area contributed by atoms with E-state index < -0.39 is 0 Å². The molecule has 1 aliphatic rings. The minimum atomic E-state index is 0. The van der Waals surface area contributed by atoms with E-state index in [1.165, 1.54) is 17.7 Å². The Morgan fingerprint density at radius 3 is 2.76 bits per heavy atom. The number of hydrogen-bond donors (Lipinski definition) is 1. The number of thiophene rings is 1. The number of methoxy groups -OCH3 is 1. The van der Waals surface area contributed by atoms with Gasteiger partial charge in [-0.15, -0.1) is 35.3 Å². The van der Waals surface area contributed by atoms with Gasteiger partial charge >= 0.3 is 0 Å². The van der Waals surface area contributed by atoms with Crippen molar-refractivity contribution in [3.05, 3.63) is 22.4 Å². The third-order valence-electron chi connectivity index (χ3n) is 4.26. The Bertz CT molecular complexity index is 479. The van der Waals surface area contributed by atoms with Crippen molar-refractivity contribution in [3.63, 3.8) is 0 Å². The van der Waals surface area contributed by atoms with Crippen molar-refractivity contribution in [2.24, 2.45) is 4.99 Å². The standard InChI is InChI=1S/C18H32N4OS.HI/c1-4-19-18(21(2)11-9-17-6-5-15-24-17)20-10-12-22(13-14-23-3)16-7-8-16;/h5-6,15-16H,4,7-14H2,1-3H3,(H,19,20);1H. The smallest absolute Gasteiger partial charge is 0.193 e. The minimum Gasteiger partial charge on any atom is -0.383 e. The van der Waals surface area contributed by atoms with Crippen LogP contribution in [0.25, 0.3) is 0 Å². The van der Waals surface area contributed by atoms with Crippen LogP contribution in [-0.4, -0.2) is 75.3 Å². The molecule has 5 nitrogen and oxygen atoms in total. The van der Waals surface area contributed by atoms with E-state index in [9.17, 15) is 0 Å². The summed E-state index contributed by atoms with van der Waals surface area (Å²) in [7, 11) is 3.90. The Labute approximate surface area is 173 Å². The molecule has 0 bridgehead atoms. The van der Waals surface area contributed by atoms with Gasteiger partial charge in [0.05, 0.1) is 13.2 Å². The second kappa shape index (κ2) is 12.9. The zero-order chi connectivity index (χ0) is 17.2. The molecule has 0 saturated heterocycles. The molecule has 0 amide bonds. The van der Waals surface area contributed by atoms with Gasteiger partial charge in [0.2, 0.25) is 0 Å². The number of halogens is 1. The van der Waals surface area contributed by atoms with Crippen molar-refractivity contribution in [2.75, 3.05) is 53.5 Å².